The average Bonchev–Trinajstić information content (AvgIpc) is 2.57. The summed E-state index contributed by atoms with van der Waals surface area (Å²) in [6.45, 7) is -0.503. The van der Waals surface area contributed by atoms with Gasteiger partial charge in [0.1, 0.15) is 11.4 Å². The van der Waals surface area contributed by atoms with Gasteiger partial charge in [0.05, 0.1) is 12.1 Å². The zero-order chi connectivity index (χ0) is 20.5. The number of hydrogen-bond acceptors (Lipinski definition) is 5. The highest BCUT2D eigenvalue weighted by Crippen LogP contribution is 2.32. The third-order valence-corrected chi connectivity index (χ3v) is 4.17. The van der Waals surface area contributed by atoms with Crippen molar-refractivity contribution in [2.75, 3.05) is 19.3 Å². The van der Waals surface area contributed by atoms with Crippen molar-refractivity contribution in [1.29, 1.82) is 0 Å². The van der Waals surface area contributed by atoms with Gasteiger partial charge in [-0.25, -0.2) is 4.79 Å². The summed E-state index contributed by atoms with van der Waals surface area (Å²) in [6, 6.07) is 5.04. The fourth-order valence-electron chi connectivity index (χ4n) is 2.73. The molecule has 0 saturated carbocycles. The molecule has 0 aliphatic rings. The molecule has 0 unspecified atom stereocenters. The largest absolute Gasteiger partial charge is 0.416 e. The lowest BCUT2D eigenvalue weighted by Crippen LogP contribution is -2.43. The van der Waals surface area contributed by atoms with Crippen molar-refractivity contribution >= 4 is 11.6 Å². The molecular formula is C17H19F3N4O3. The third-order valence-electron chi connectivity index (χ3n) is 4.17. The Labute approximate surface area is 152 Å². The maximum absolute atomic E-state index is 13.1. The van der Waals surface area contributed by atoms with E-state index in [1.807, 2.05) is 0 Å². The first-order valence-electron chi connectivity index (χ1n) is 7.87. The number of Topliss-reactive ketones (excluding diaryl/α,β-unsaturated/α-hetero) is 1. The summed E-state index contributed by atoms with van der Waals surface area (Å²) in [6.07, 6.45) is -4.51. The minimum Gasteiger partial charge on any atom is -0.384 e. The van der Waals surface area contributed by atoms with E-state index in [-0.39, 0.29) is 30.0 Å². The summed E-state index contributed by atoms with van der Waals surface area (Å²) in [5.41, 5.74) is 3.05. The summed E-state index contributed by atoms with van der Waals surface area (Å²) < 4.78 is 41.0. The van der Waals surface area contributed by atoms with Gasteiger partial charge in [0.25, 0.3) is 5.56 Å². The number of aromatic nitrogens is 2. The molecule has 0 bridgehead atoms. The number of carbonyl (C=O) groups is 1. The number of nitrogens with zero attached hydrogens (tertiary/aromatic N) is 3. The Bertz CT molecular complexity index is 992. The highest BCUT2D eigenvalue weighted by molar-refractivity contribution is 6.01. The standard InChI is InChI=1S/C17H19F3N4O3/c1-22(8-10-6-4-5-7-11(10)17(18,19)20)9-12(25)13-14(21)23(2)16(27)24(3)15(13)26/h4-7H,8-9,21H2,1-3H3. The average molecular weight is 384 g/mol. The molecule has 0 spiro atoms. The zero-order valence-corrected chi connectivity index (χ0v) is 15.0. The van der Waals surface area contributed by atoms with Crippen molar-refractivity contribution < 1.29 is 18.0 Å². The lowest BCUT2D eigenvalue weighted by atomic mass is 10.1. The van der Waals surface area contributed by atoms with Gasteiger partial charge >= 0.3 is 11.9 Å². The fourth-order valence-corrected chi connectivity index (χ4v) is 2.73. The predicted octanol–water partition coefficient (Wildman–Crippen LogP) is 1.000. The molecule has 0 fully saturated rings. The van der Waals surface area contributed by atoms with Gasteiger partial charge in [-0.05, 0) is 18.7 Å². The number of rotatable bonds is 5. The Morgan fingerprint density at radius 2 is 1.74 bits per heavy atom. The van der Waals surface area contributed by atoms with E-state index in [4.69, 9.17) is 5.73 Å². The van der Waals surface area contributed by atoms with E-state index in [0.29, 0.717) is 0 Å². The van der Waals surface area contributed by atoms with Crippen LogP contribution in [0.15, 0.2) is 33.9 Å². The Balaban J connectivity index is 2.29. The first-order valence-corrected chi connectivity index (χ1v) is 7.87. The third kappa shape index (κ3) is 4.11. The van der Waals surface area contributed by atoms with E-state index >= 15 is 0 Å². The van der Waals surface area contributed by atoms with Crippen LogP contribution in [0.2, 0.25) is 0 Å². The van der Waals surface area contributed by atoms with Crippen LogP contribution in [0.5, 0.6) is 0 Å². The molecule has 2 rings (SSSR count). The van der Waals surface area contributed by atoms with Gasteiger partial charge in [-0.15, -0.1) is 0 Å². The van der Waals surface area contributed by atoms with Crippen LogP contribution in [0.1, 0.15) is 21.5 Å². The lowest BCUT2D eigenvalue weighted by molar-refractivity contribution is -0.138. The van der Waals surface area contributed by atoms with Crippen molar-refractivity contribution in [2.24, 2.45) is 14.1 Å². The van der Waals surface area contributed by atoms with Crippen molar-refractivity contribution in [1.82, 2.24) is 14.0 Å². The normalized spacial score (nSPS) is 11.8. The van der Waals surface area contributed by atoms with Gasteiger partial charge in [0, 0.05) is 20.6 Å². The molecule has 7 nitrogen and oxygen atoms in total. The molecule has 1 aromatic carbocycles. The van der Waals surface area contributed by atoms with Crippen LogP contribution in [-0.4, -0.2) is 33.4 Å². The van der Waals surface area contributed by atoms with E-state index in [2.05, 4.69) is 0 Å². The molecule has 0 saturated heterocycles. The van der Waals surface area contributed by atoms with Crippen LogP contribution in [0, 0.1) is 0 Å². The molecule has 0 aliphatic heterocycles. The number of halogens is 3. The van der Waals surface area contributed by atoms with Gasteiger partial charge in [0.15, 0.2) is 5.78 Å². The summed E-state index contributed by atoms with van der Waals surface area (Å²) in [7, 11) is 3.98. The second-order valence-electron chi connectivity index (χ2n) is 6.22. The maximum atomic E-state index is 13.1. The van der Waals surface area contributed by atoms with Crippen molar-refractivity contribution in [3.05, 3.63) is 61.8 Å². The minimum absolute atomic E-state index is 0.00151. The van der Waals surface area contributed by atoms with Crippen LogP contribution in [0.4, 0.5) is 19.0 Å². The number of nitrogens with two attached hydrogens (primary N) is 1. The van der Waals surface area contributed by atoms with E-state index in [1.54, 1.807) is 0 Å². The molecule has 0 atom stereocenters. The lowest BCUT2D eigenvalue weighted by Gasteiger charge is -2.20. The van der Waals surface area contributed by atoms with Gasteiger partial charge < -0.3 is 5.73 Å². The van der Waals surface area contributed by atoms with Gasteiger partial charge in [-0.2, -0.15) is 13.2 Å². The van der Waals surface area contributed by atoms with Gasteiger partial charge in [0.2, 0.25) is 0 Å². The number of hydrogen-bond donors (Lipinski definition) is 1. The predicted molar refractivity (Wildman–Crippen MR) is 93.4 cm³/mol. The van der Waals surface area contributed by atoms with Gasteiger partial charge in [-0.1, -0.05) is 18.2 Å². The molecule has 2 N–H and O–H groups in total. The topological polar surface area (TPSA) is 90.3 Å². The number of nitrogen functional groups attached to an aromatic ring is 1. The van der Waals surface area contributed by atoms with Crippen LogP contribution in [-0.2, 0) is 26.8 Å². The van der Waals surface area contributed by atoms with Crippen molar-refractivity contribution in [3.63, 3.8) is 0 Å². The molecule has 1 heterocycles. The van der Waals surface area contributed by atoms with Crippen molar-refractivity contribution in [2.45, 2.75) is 12.7 Å². The Kier molecular flexibility index (Phi) is 5.59. The second kappa shape index (κ2) is 7.39. The number of anilines is 1. The maximum Gasteiger partial charge on any atom is 0.416 e. The van der Waals surface area contributed by atoms with Gasteiger partial charge in [-0.3, -0.25) is 23.6 Å². The number of alkyl halides is 3. The summed E-state index contributed by atoms with van der Waals surface area (Å²) in [5, 5.41) is 0. The molecule has 0 aliphatic carbocycles. The van der Waals surface area contributed by atoms with Crippen LogP contribution in [0.25, 0.3) is 0 Å². The molecule has 2 aromatic rings. The van der Waals surface area contributed by atoms with Crippen LogP contribution in [0.3, 0.4) is 0 Å². The Morgan fingerprint density at radius 1 is 1.15 bits per heavy atom. The molecule has 27 heavy (non-hydrogen) atoms. The highest BCUT2D eigenvalue weighted by Gasteiger charge is 2.33. The van der Waals surface area contributed by atoms with E-state index in [1.165, 1.54) is 44.2 Å². The number of benzene rings is 1. The Hall–Kier alpha value is -2.88. The SMILES string of the molecule is CN(CC(=O)c1c(N)n(C)c(=O)n(C)c1=O)Cc1ccccc1C(F)(F)F. The molecule has 1 aromatic heterocycles. The summed E-state index contributed by atoms with van der Waals surface area (Å²) in [4.78, 5) is 37.9. The smallest absolute Gasteiger partial charge is 0.384 e. The van der Waals surface area contributed by atoms with Crippen LogP contribution < -0.4 is 17.0 Å². The van der Waals surface area contributed by atoms with Crippen LogP contribution >= 0.6 is 0 Å². The Morgan fingerprint density at radius 3 is 2.33 bits per heavy atom. The van der Waals surface area contributed by atoms with Crippen molar-refractivity contribution in [3.8, 4) is 0 Å². The molecule has 146 valence electrons. The minimum atomic E-state index is -4.51. The monoisotopic (exact) mass is 384 g/mol. The summed E-state index contributed by atoms with van der Waals surface area (Å²) in [5.74, 6) is -0.965. The molecule has 0 radical (unpaired) electrons. The molecular weight excluding hydrogens is 365 g/mol. The van der Waals surface area contributed by atoms with E-state index < -0.39 is 28.8 Å². The first-order chi connectivity index (χ1) is 12.4. The zero-order valence-electron chi connectivity index (χ0n) is 15.0. The number of ketones is 1. The molecule has 10 heteroatoms. The number of likely N-dealkylation sites (N-methyl/N-ethyl adjacent to an activating group) is 1. The first kappa shape index (κ1) is 20.4. The fraction of sp³-hybridized carbons (Fsp3) is 0.353. The molecule has 0 amide bonds. The second-order valence-corrected chi connectivity index (χ2v) is 6.22. The number of carbonyl (C=O) groups excluding carboxylic acids is 1. The highest BCUT2D eigenvalue weighted by atomic mass is 19.4. The van der Waals surface area contributed by atoms with E-state index in [0.717, 1.165) is 15.2 Å². The quantitative estimate of drug-likeness (QED) is 0.777. The summed E-state index contributed by atoms with van der Waals surface area (Å²) >= 11 is 0. The van der Waals surface area contributed by atoms with E-state index in [9.17, 15) is 27.6 Å².